The van der Waals surface area contributed by atoms with Gasteiger partial charge in [-0.25, -0.2) is 0 Å². The molecule has 2 amide bonds. The number of amides is 2. The molecule has 2 saturated heterocycles. The minimum Gasteiger partial charge on any atom is -0.455 e. The highest BCUT2D eigenvalue weighted by Crippen LogP contribution is 2.18. The molecule has 24 heavy (non-hydrogen) atoms. The SMILES string of the molecule is CSCc1ccc(C(=O)N2CCO[C@H](C(=O)N3CCSCC3)C2)o1. The first-order valence-corrected chi connectivity index (χ1v) is 10.6. The fraction of sp³-hybridized carbons (Fsp3) is 0.625. The van der Waals surface area contributed by atoms with Crippen LogP contribution in [0.25, 0.3) is 0 Å². The number of furan rings is 1. The third-order valence-electron chi connectivity index (χ3n) is 4.11. The largest absolute Gasteiger partial charge is 0.455 e. The maximum Gasteiger partial charge on any atom is 0.289 e. The van der Waals surface area contributed by atoms with E-state index in [1.165, 1.54) is 0 Å². The van der Waals surface area contributed by atoms with Crippen molar-refractivity contribution in [3.63, 3.8) is 0 Å². The number of carbonyl (C=O) groups is 2. The van der Waals surface area contributed by atoms with Gasteiger partial charge in [0, 0.05) is 31.1 Å². The van der Waals surface area contributed by atoms with Gasteiger partial charge in [0.15, 0.2) is 11.9 Å². The van der Waals surface area contributed by atoms with E-state index >= 15 is 0 Å². The monoisotopic (exact) mass is 370 g/mol. The maximum atomic E-state index is 12.6. The fourth-order valence-corrected chi connectivity index (χ4v) is 4.18. The van der Waals surface area contributed by atoms with Gasteiger partial charge < -0.3 is 19.0 Å². The molecule has 0 aliphatic carbocycles. The topological polar surface area (TPSA) is 63.0 Å². The second-order valence-electron chi connectivity index (χ2n) is 5.75. The number of morpholine rings is 1. The molecular weight excluding hydrogens is 348 g/mol. The quantitative estimate of drug-likeness (QED) is 0.802. The van der Waals surface area contributed by atoms with E-state index in [4.69, 9.17) is 9.15 Å². The van der Waals surface area contributed by atoms with E-state index < -0.39 is 6.10 Å². The number of nitrogens with zero attached hydrogens (tertiary/aromatic N) is 2. The molecule has 1 atom stereocenters. The van der Waals surface area contributed by atoms with Crippen molar-refractivity contribution in [1.29, 1.82) is 0 Å². The Morgan fingerprint density at radius 2 is 2.04 bits per heavy atom. The lowest BCUT2D eigenvalue weighted by atomic mass is 10.2. The van der Waals surface area contributed by atoms with Crippen molar-refractivity contribution in [2.75, 3.05) is 50.5 Å². The van der Waals surface area contributed by atoms with Crippen molar-refractivity contribution < 1.29 is 18.7 Å². The molecule has 3 rings (SSSR count). The Labute approximate surface area is 150 Å². The van der Waals surface area contributed by atoms with Crippen LogP contribution in [0, 0.1) is 0 Å². The molecule has 0 saturated carbocycles. The molecule has 2 fully saturated rings. The van der Waals surface area contributed by atoms with Crippen LogP contribution in [0.1, 0.15) is 16.3 Å². The third kappa shape index (κ3) is 4.10. The standard InChI is InChI=1S/C16H22N2O4S2/c1-23-11-12-2-3-13(22-12)15(19)18-4-7-21-14(10-18)16(20)17-5-8-24-9-6-17/h2-3,14H,4-11H2,1H3/t14-/m0/s1. The lowest BCUT2D eigenvalue weighted by Gasteiger charge is -2.35. The highest BCUT2D eigenvalue weighted by Gasteiger charge is 2.33. The Kier molecular flexibility index (Phi) is 6.13. The average molecular weight is 370 g/mol. The molecule has 0 N–H and O–H groups in total. The van der Waals surface area contributed by atoms with Gasteiger partial charge in [0.2, 0.25) is 0 Å². The van der Waals surface area contributed by atoms with E-state index in [0.717, 1.165) is 36.1 Å². The molecule has 8 heteroatoms. The van der Waals surface area contributed by atoms with Gasteiger partial charge in [0.1, 0.15) is 5.76 Å². The van der Waals surface area contributed by atoms with Crippen molar-refractivity contribution in [3.05, 3.63) is 23.7 Å². The van der Waals surface area contributed by atoms with Crippen LogP contribution in [0.4, 0.5) is 0 Å². The first kappa shape index (κ1) is 17.7. The lowest BCUT2D eigenvalue weighted by molar-refractivity contribution is -0.147. The molecule has 0 radical (unpaired) electrons. The average Bonchev–Trinajstić information content (AvgIpc) is 3.10. The highest BCUT2D eigenvalue weighted by atomic mass is 32.2. The molecule has 6 nitrogen and oxygen atoms in total. The predicted molar refractivity (Wildman–Crippen MR) is 95.5 cm³/mol. The molecule has 132 valence electrons. The summed E-state index contributed by atoms with van der Waals surface area (Å²) in [5, 5.41) is 0. The van der Waals surface area contributed by atoms with Gasteiger partial charge in [0.05, 0.1) is 18.9 Å². The number of hydrogen-bond acceptors (Lipinski definition) is 6. The van der Waals surface area contributed by atoms with Crippen molar-refractivity contribution >= 4 is 35.3 Å². The van der Waals surface area contributed by atoms with E-state index in [1.807, 2.05) is 29.0 Å². The molecule has 0 spiro atoms. The summed E-state index contributed by atoms with van der Waals surface area (Å²) >= 11 is 3.50. The second kappa shape index (κ2) is 8.31. The fourth-order valence-electron chi connectivity index (χ4n) is 2.84. The summed E-state index contributed by atoms with van der Waals surface area (Å²) in [5.74, 6) is 3.62. The van der Waals surface area contributed by atoms with Crippen molar-refractivity contribution in [2.24, 2.45) is 0 Å². The Morgan fingerprint density at radius 3 is 2.79 bits per heavy atom. The second-order valence-corrected chi connectivity index (χ2v) is 7.84. The summed E-state index contributed by atoms with van der Waals surface area (Å²) in [6.45, 7) is 2.67. The van der Waals surface area contributed by atoms with E-state index in [9.17, 15) is 9.59 Å². The van der Waals surface area contributed by atoms with Gasteiger partial charge in [-0.05, 0) is 18.4 Å². The Hall–Kier alpha value is -1.12. The van der Waals surface area contributed by atoms with Gasteiger partial charge in [-0.2, -0.15) is 23.5 Å². The third-order valence-corrected chi connectivity index (χ3v) is 5.63. The molecule has 1 aromatic heterocycles. The smallest absolute Gasteiger partial charge is 0.289 e. The summed E-state index contributed by atoms with van der Waals surface area (Å²) in [5.41, 5.74) is 0. The lowest BCUT2D eigenvalue weighted by Crippen LogP contribution is -2.53. The van der Waals surface area contributed by atoms with Crippen molar-refractivity contribution in [2.45, 2.75) is 11.9 Å². The minimum atomic E-state index is -0.563. The molecule has 0 bridgehead atoms. The summed E-state index contributed by atoms with van der Waals surface area (Å²) in [6.07, 6.45) is 1.42. The van der Waals surface area contributed by atoms with Crippen molar-refractivity contribution in [3.8, 4) is 0 Å². The van der Waals surface area contributed by atoms with Crippen LogP contribution >= 0.6 is 23.5 Å². The van der Waals surface area contributed by atoms with E-state index in [0.29, 0.717) is 25.5 Å². The molecule has 1 aromatic rings. The molecule has 3 heterocycles. The molecule has 2 aliphatic heterocycles. The van der Waals surface area contributed by atoms with Gasteiger partial charge in [-0.15, -0.1) is 0 Å². The van der Waals surface area contributed by atoms with Crippen molar-refractivity contribution in [1.82, 2.24) is 9.80 Å². The highest BCUT2D eigenvalue weighted by molar-refractivity contribution is 7.99. The first-order chi connectivity index (χ1) is 11.7. The zero-order valence-corrected chi connectivity index (χ0v) is 15.4. The maximum absolute atomic E-state index is 12.6. The number of thioether (sulfide) groups is 2. The number of carbonyl (C=O) groups excluding carboxylic acids is 2. The first-order valence-electron chi connectivity index (χ1n) is 8.04. The Morgan fingerprint density at radius 1 is 1.25 bits per heavy atom. The van der Waals surface area contributed by atoms with E-state index in [1.54, 1.807) is 22.7 Å². The zero-order chi connectivity index (χ0) is 16.9. The van der Waals surface area contributed by atoms with Crippen LogP contribution in [0.15, 0.2) is 16.5 Å². The Balaban J connectivity index is 1.61. The summed E-state index contributed by atoms with van der Waals surface area (Å²) in [4.78, 5) is 28.7. The van der Waals surface area contributed by atoms with Crippen LogP contribution in [-0.4, -0.2) is 78.3 Å². The molecule has 0 unspecified atom stereocenters. The van der Waals surface area contributed by atoms with Crippen LogP contribution in [0.3, 0.4) is 0 Å². The number of hydrogen-bond donors (Lipinski definition) is 0. The number of ether oxygens (including phenoxy) is 1. The van der Waals surface area contributed by atoms with E-state index in [-0.39, 0.29) is 11.8 Å². The van der Waals surface area contributed by atoms with Gasteiger partial charge in [-0.3, -0.25) is 9.59 Å². The number of rotatable bonds is 4. The molecule has 2 aliphatic rings. The van der Waals surface area contributed by atoms with Gasteiger partial charge in [0.25, 0.3) is 11.8 Å². The predicted octanol–water partition coefficient (Wildman–Crippen LogP) is 1.56. The Bertz CT molecular complexity index is 586. The van der Waals surface area contributed by atoms with E-state index in [2.05, 4.69) is 0 Å². The zero-order valence-electron chi connectivity index (χ0n) is 13.7. The summed E-state index contributed by atoms with van der Waals surface area (Å²) < 4.78 is 11.2. The summed E-state index contributed by atoms with van der Waals surface area (Å²) in [7, 11) is 0. The summed E-state index contributed by atoms with van der Waals surface area (Å²) in [6, 6.07) is 3.54. The minimum absolute atomic E-state index is 0.00434. The molecular formula is C16H22N2O4S2. The van der Waals surface area contributed by atoms with Crippen LogP contribution < -0.4 is 0 Å². The van der Waals surface area contributed by atoms with Crippen LogP contribution in [-0.2, 0) is 15.3 Å². The van der Waals surface area contributed by atoms with Gasteiger partial charge in [-0.1, -0.05) is 0 Å². The van der Waals surface area contributed by atoms with Crippen LogP contribution in [0.2, 0.25) is 0 Å². The normalized spacial score (nSPS) is 21.8. The molecule has 0 aromatic carbocycles. The van der Waals surface area contributed by atoms with Gasteiger partial charge >= 0.3 is 0 Å². The van der Waals surface area contributed by atoms with Crippen LogP contribution in [0.5, 0.6) is 0 Å².